The largest absolute Gasteiger partial charge is 0.339 e. The van der Waals surface area contributed by atoms with Crippen molar-refractivity contribution >= 4 is 5.91 Å². The molecule has 0 radical (unpaired) electrons. The Bertz CT molecular complexity index is 319. The van der Waals surface area contributed by atoms with Crippen molar-refractivity contribution in [2.75, 3.05) is 13.1 Å². The quantitative estimate of drug-likeness (QED) is 0.732. The van der Waals surface area contributed by atoms with E-state index in [1.807, 2.05) is 26.8 Å². The highest BCUT2D eigenvalue weighted by atomic mass is 16.2. The second-order valence-electron chi connectivity index (χ2n) is 3.17. The fourth-order valence-electron chi connectivity index (χ4n) is 1.37. The number of amides is 1. The van der Waals surface area contributed by atoms with Gasteiger partial charge in [-0.2, -0.15) is 0 Å². The molecule has 1 aromatic rings. The van der Waals surface area contributed by atoms with Crippen molar-refractivity contribution in [3.05, 3.63) is 29.6 Å². The standard InChI is InChI=1S/C11H16N2O/c1-4-13(5-2)11(14)10-8-12-7-6-9(10)3/h6-8H,4-5H2,1-3H3. The van der Waals surface area contributed by atoms with Crippen LogP contribution in [-0.2, 0) is 0 Å². The SMILES string of the molecule is CCN(CC)C(=O)c1cnccc1C. The number of aromatic nitrogens is 1. The highest BCUT2D eigenvalue weighted by Gasteiger charge is 2.13. The number of carbonyl (C=O) groups is 1. The van der Waals surface area contributed by atoms with Gasteiger partial charge in [0.2, 0.25) is 0 Å². The van der Waals surface area contributed by atoms with Crippen LogP contribution in [0.15, 0.2) is 18.5 Å². The molecular formula is C11H16N2O. The first-order chi connectivity index (χ1) is 6.70. The van der Waals surface area contributed by atoms with Gasteiger partial charge in [0.15, 0.2) is 0 Å². The molecule has 0 aliphatic rings. The molecule has 1 aromatic heterocycles. The maximum absolute atomic E-state index is 11.9. The first kappa shape index (κ1) is 10.7. The van der Waals surface area contributed by atoms with E-state index in [4.69, 9.17) is 0 Å². The highest BCUT2D eigenvalue weighted by molar-refractivity contribution is 5.95. The monoisotopic (exact) mass is 192 g/mol. The highest BCUT2D eigenvalue weighted by Crippen LogP contribution is 2.08. The average Bonchev–Trinajstić information content (AvgIpc) is 2.20. The number of aryl methyl sites for hydroxylation is 1. The van der Waals surface area contributed by atoms with Gasteiger partial charge in [-0.3, -0.25) is 9.78 Å². The smallest absolute Gasteiger partial charge is 0.255 e. The zero-order valence-electron chi connectivity index (χ0n) is 8.95. The Labute approximate surface area is 84.8 Å². The van der Waals surface area contributed by atoms with Crippen molar-refractivity contribution in [2.45, 2.75) is 20.8 Å². The molecule has 0 saturated carbocycles. The lowest BCUT2D eigenvalue weighted by atomic mass is 10.1. The molecule has 3 nitrogen and oxygen atoms in total. The van der Waals surface area contributed by atoms with Crippen LogP contribution in [-0.4, -0.2) is 28.9 Å². The molecule has 1 rings (SSSR count). The van der Waals surface area contributed by atoms with E-state index >= 15 is 0 Å². The normalized spacial score (nSPS) is 9.93. The summed E-state index contributed by atoms with van der Waals surface area (Å²) in [4.78, 5) is 17.7. The predicted molar refractivity (Wildman–Crippen MR) is 56.2 cm³/mol. The Kier molecular flexibility index (Phi) is 3.63. The fraction of sp³-hybridized carbons (Fsp3) is 0.455. The molecule has 0 bridgehead atoms. The maximum Gasteiger partial charge on any atom is 0.255 e. The van der Waals surface area contributed by atoms with E-state index in [2.05, 4.69) is 4.98 Å². The molecule has 0 unspecified atom stereocenters. The second-order valence-corrected chi connectivity index (χ2v) is 3.17. The molecule has 0 aromatic carbocycles. The van der Waals surface area contributed by atoms with Crippen LogP contribution >= 0.6 is 0 Å². The number of hydrogen-bond acceptors (Lipinski definition) is 2. The van der Waals surface area contributed by atoms with Gasteiger partial charge in [-0.1, -0.05) is 0 Å². The minimum Gasteiger partial charge on any atom is -0.339 e. The summed E-state index contributed by atoms with van der Waals surface area (Å²) in [7, 11) is 0. The van der Waals surface area contributed by atoms with Crippen molar-refractivity contribution in [2.24, 2.45) is 0 Å². The summed E-state index contributed by atoms with van der Waals surface area (Å²) in [5.41, 5.74) is 1.69. The summed E-state index contributed by atoms with van der Waals surface area (Å²) >= 11 is 0. The van der Waals surface area contributed by atoms with Crippen LogP contribution < -0.4 is 0 Å². The molecule has 3 heteroatoms. The molecule has 0 aliphatic carbocycles. The number of nitrogens with zero attached hydrogens (tertiary/aromatic N) is 2. The van der Waals surface area contributed by atoms with Crippen LogP contribution in [0.1, 0.15) is 29.8 Å². The van der Waals surface area contributed by atoms with Crippen molar-refractivity contribution in [1.29, 1.82) is 0 Å². The van der Waals surface area contributed by atoms with Crippen LogP contribution in [0, 0.1) is 6.92 Å². The van der Waals surface area contributed by atoms with Crippen LogP contribution in [0.4, 0.5) is 0 Å². The molecular weight excluding hydrogens is 176 g/mol. The van der Waals surface area contributed by atoms with Crippen molar-refractivity contribution in [3.8, 4) is 0 Å². The molecule has 76 valence electrons. The van der Waals surface area contributed by atoms with Gasteiger partial charge < -0.3 is 4.90 Å². The summed E-state index contributed by atoms with van der Waals surface area (Å²) in [6.07, 6.45) is 3.34. The van der Waals surface area contributed by atoms with Gasteiger partial charge in [-0.05, 0) is 32.4 Å². The average molecular weight is 192 g/mol. The number of pyridine rings is 1. The lowest BCUT2D eigenvalue weighted by Gasteiger charge is -2.19. The van der Waals surface area contributed by atoms with Gasteiger partial charge in [-0.25, -0.2) is 0 Å². The lowest BCUT2D eigenvalue weighted by Crippen LogP contribution is -2.31. The van der Waals surface area contributed by atoms with E-state index < -0.39 is 0 Å². The summed E-state index contributed by atoms with van der Waals surface area (Å²) in [5.74, 6) is 0.0700. The molecule has 0 saturated heterocycles. The zero-order chi connectivity index (χ0) is 10.6. The molecule has 1 heterocycles. The summed E-state index contributed by atoms with van der Waals surface area (Å²) in [6, 6.07) is 1.86. The maximum atomic E-state index is 11.9. The van der Waals surface area contributed by atoms with E-state index in [-0.39, 0.29) is 5.91 Å². The molecule has 0 aliphatic heterocycles. The predicted octanol–water partition coefficient (Wildman–Crippen LogP) is 1.87. The number of carbonyl (C=O) groups excluding carboxylic acids is 1. The Balaban J connectivity index is 2.94. The van der Waals surface area contributed by atoms with Crippen molar-refractivity contribution in [1.82, 2.24) is 9.88 Å². The van der Waals surface area contributed by atoms with Crippen LogP contribution in [0.25, 0.3) is 0 Å². The van der Waals surface area contributed by atoms with Gasteiger partial charge in [0.25, 0.3) is 5.91 Å². The Morgan fingerprint density at radius 1 is 1.43 bits per heavy atom. The van der Waals surface area contributed by atoms with Crippen molar-refractivity contribution in [3.63, 3.8) is 0 Å². The Morgan fingerprint density at radius 2 is 2.07 bits per heavy atom. The van der Waals surface area contributed by atoms with Crippen LogP contribution in [0.3, 0.4) is 0 Å². The number of hydrogen-bond donors (Lipinski definition) is 0. The summed E-state index contributed by atoms with van der Waals surface area (Å²) in [5, 5.41) is 0. The molecule has 0 atom stereocenters. The van der Waals surface area contributed by atoms with E-state index in [1.54, 1.807) is 17.3 Å². The third-order valence-corrected chi connectivity index (χ3v) is 2.32. The van der Waals surface area contributed by atoms with Gasteiger partial charge in [-0.15, -0.1) is 0 Å². The van der Waals surface area contributed by atoms with Gasteiger partial charge in [0.05, 0.1) is 5.56 Å². The first-order valence-electron chi connectivity index (χ1n) is 4.90. The topological polar surface area (TPSA) is 33.2 Å². The second kappa shape index (κ2) is 4.74. The van der Waals surface area contributed by atoms with Crippen molar-refractivity contribution < 1.29 is 4.79 Å². The molecule has 0 spiro atoms. The Morgan fingerprint density at radius 3 is 2.57 bits per heavy atom. The third kappa shape index (κ3) is 2.10. The molecule has 0 N–H and O–H groups in total. The molecule has 0 fully saturated rings. The lowest BCUT2D eigenvalue weighted by molar-refractivity contribution is 0.0772. The van der Waals surface area contributed by atoms with E-state index in [1.165, 1.54) is 0 Å². The van der Waals surface area contributed by atoms with Crippen LogP contribution in [0.2, 0.25) is 0 Å². The number of rotatable bonds is 3. The van der Waals surface area contributed by atoms with E-state index in [0.717, 1.165) is 18.7 Å². The van der Waals surface area contributed by atoms with E-state index in [9.17, 15) is 4.79 Å². The zero-order valence-corrected chi connectivity index (χ0v) is 8.95. The van der Waals surface area contributed by atoms with E-state index in [0.29, 0.717) is 5.56 Å². The van der Waals surface area contributed by atoms with Gasteiger partial charge in [0.1, 0.15) is 0 Å². The third-order valence-electron chi connectivity index (χ3n) is 2.32. The fourth-order valence-corrected chi connectivity index (χ4v) is 1.37. The molecule has 14 heavy (non-hydrogen) atoms. The summed E-state index contributed by atoms with van der Waals surface area (Å²) in [6.45, 7) is 7.37. The van der Waals surface area contributed by atoms with Crippen LogP contribution in [0.5, 0.6) is 0 Å². The summed E-state index contributed by atoms with van der Waals surface area (Å²) < 4.78 is 0. The van der Waals surface area contributed by atoms with Gasteiger partial charge >= 0.3 is 0 Å². The first-order valence-corrected chi connectivity index (χ1v) is 4.90. The minimum absolute atomic E-state index is 0.0700. The van der Waals surface area contributed by atoms with Gasteiger partial charge in [0, 0.05) is 25.5 Å². The molecule has 1 amide bonds. The Hall–Kier alpha value is -1.38. The minimum atomic E-state index is 0.0700.